The number of hydrogen-bond donors (Lipinski definition) is 0. The van der Waals surface area contributed by atoms with Gasteiger partial charge >= 0.3 is 34.8 Å². The van der Waals surface area contributed by atoms with E-state index in [2.05, 4.69) is 0 Å². The summed E-state index contributed by atoms with van der Waals surface area (Å²) in [5.41, 5.74) is -6.77. The van der Waals surface area contributed by atoms with Crippen LogP contribution in [0.1, 0.15) is 54.4 Å². The number of rotatable bonds is 9. The van der Waals surface area contributed by atoms with Crippen molar-refractivity contribution in [1.29, 1.82) is 0 Å². The lowest BCUT2D eigenvalue weighted by molar-refractivity contribution is -0.134. The number of Topliss-reactive ketones (excluding diaryl/α,β-unsaturated/α-hetero) is 6. The average Bonchev–Trinajstić information content (AvgIpc) is 2.80. The third kappa shape index (κ3) is 4.70. The Hall–Kier alpha value is -4.56. The lowest BCUT2D eigenvalue weighted by atomic mass is 10.2. The first-order chi connectivity index (χ1) is 15.3. The van der Waals surface area contributed by atoms with Crippen LogP contribution in [-0.4, -0.2) is 66.1 Å². The fraction of sp³-hybridized carbons (Fsp3) is 0.333. The molecular formula is C18H15N3O12. The third-order valence-electron chi connectivity index (χ3n) is 4.06. The monoisotopic (exact) mass is 465 g/mol. The van der Waals surface area contributed by atoms with Crippen LogP contribution in [0.3, 0.4) is 0 Å². The Morgan fingerprint density at radius 2 is 0.636 bits per heavy atom. The lowest BCUT2D eigenvalue weighted by Crippen LogP contribution is -2.62. The van der Waals surface area contributed by atoms with Gasteiger partial charge in [-0.05, 0) is 0 Å². The van der Waals surface area contributed by atoms with Gasteiger partial charge in [-0.2, -0.15) is 13.7 Å². The Morgan fingerprint density at radius 1 is 0.455 bits per heavy atom. The van der Waals surface area contributed by atoms with Crippen molar-refractivity contribution in [3.05, 3.63) is 31.5 Å². The van der Waals surface area contributed by atoms with Crippen molar-refractivity contribution in [2.24, 2.45) is 0 Å². The van der Waals surface area contributed by atoms with Gasteiger partial charge in [-0.1, -0.05) is 20.8 Å². The summed E-state index contributed by atoms with van der Waals surface area (Å²) in [4.78, 5) is 145. The van der Waals surface area contributed by atoms with Gasteiger partial charge in [0.25, 0.3) is 17.3 Å². The van der Waals surface area contributed by atoms with Gasteiger partial charge in [0.2, 0.25) is 17.3 Å². The molecule has 174 valence electrons. The van der Waals surface area contributed by atoms with Gasteiger partial charge in [-0.25, -0.2) is 14.4 Å². The molecule has 0 amide bonds. The summed E-state index contributed by atoms with van der Waals surface area (Å²) in [6.45, 7) is 3.39. The van der Waals surface area contributed by atoms with Crippen molar-refractivity contribution < 1.29 is 43.2 Å². The van der Waals surface area contributed by atoms with Crippen molar-refractivity contribution >= 4 is 52.4 Å². The molecule has 33 heavy (non-hydrogen) atoms. The maximum absolute atomic E-state index is 12.5. The number of hydrogen-bond acceptors (Lipinski definition) is 12. The van der Waals surface area contributed by atoms with E-state index >= 15 is 0 Å². The van der Waals surface area contributed by atoms with Crippen LogP contribution in [0.5, 0.6) is 0 Å². The zero-order valence-electron chi connectivity index (χ0n) is 17.4. The lowest BCUT2D eigenvalue weighted by Gasteiger charge is -2.10. The number of nitrogens with zero attached hydrogens (tertiary/aromatic N) is 3. The molecule has 0 aliphatic heterocycles. The average molecular weight is 465 g/mol. The minimum atomic E-state index is -2.26. The van der Waals surface area contributed by atoms with Gasteiger partial charge in [0.1, 0.15) is 0 Å². The molecule has 0 spiro atoms. The number of carbonyl (C=O) groups excluding carboxylic acids is 9. The topological polar surface area (TPSA) is 220 Å². The minimum absolute atomic E-state index is 0.571. The zero-order chi connectivity index (χ0) is 25.8. The van der Waals surface area contributed by atoms with Crippen LogP contribution in [0.15, 0.2) is 14.4 Å². The van der Waals surface area contributed by atoms with Gasteiger partial charge in [0.05, 0.1) is 0 Å². The predicted octanol–water partition coefficient (Wildman–Crippen LogP) is -3.26. The van der Waals surface area contributed by atoms with Gasteiger partial charge in [-0.3, -0.25) is 43.2 Å². The molecule has 1 aromatic rings. The van der Waals surface area contributed by atoms with Crippen LogP contribution in [0.2, 0.25) is 0 Å². The van der Waals surface area contributed by atoms with Crippen LogP contribution in [0.4, 0.5) is 0 Å². The summed E-state index contributed by atoms with van der Waals surface area (Å²) < 4.78 is -2.42. The Balaban J connectivity index is 4.14. The molecule has 1 heterocycles. The first kappa shape index (κ1) is 26.5. The van der Waals surface area contributed by atoms with Crippen molar-refractivity contribution in [2.75, 3.05) is 0 Å². The first-order valence-electron chi connectivity index (χ1n) is 9.14. The highest BCUT2D eigenvalue weighted by atomic mass is 16.2. The highest BCUT2D eigenvalue weighted by molar-refractivity contribution is 6.65. The molecule has 0 bridgehead atoms. The van der Waals surface area contributed by atoms with Crippen molar-refractivity contribution in [2.45, 2.75) is 40.0 Å². The van der Waals surface area contributed by atoms with E-state index in [0.717, 1.165) is 20.8 Å². The Bertz CT molecular complexity index is 1140. The van der Waals surface area contributed by atoms with Gasteiger partial charge in [-0.15, -0.1) is 0 Å². The molecule has 1 rings (SSSR count). The molecule has 0 saturated carbocycles. The summed E-state index contributed by atoms with van der Waals surface area (Å²) in [5, 5.41) is 0. The van der Waals surface area contributed by atoms with E-state index in [1.54, 1.807) is 0 Å². The molecule has 15 nitrogen and oxygen atoms in total. The van der Waals surface area contributed by atoms with Crippen molar-refractivity contribution in [3.8, 4) is 0 Å². The van der Waals surface area contributed by atoms with Crippen LogP contribution in [0, 0.1) is 0 Å². The molecular weight excluding hydrogens is 450 g/mol. The Labute approximate surface area is 181 Å². The van der Waals surface area contributed by atoms with E-state index < -0.39 is 102 Å². The Morgan fingerprint density at radius 3 is 0.788 bits per heavy atom. The molecule has 0 fully saturated rings. The third-order valence-corrected chi connectivity index (χ3v) is 4.06. The fourth-order valence-electron chi connectivity index (χ4n) is 2.21. The molecule has 15 heteroatoms. The molecule has 0 saturated heterocycles. The highest BCUT2D eigenvalue weighted by Crippen LogP contribution is 1.92. The molecule has 0 N–H and O–H groups in total. The molecule has 0 radical (unpaired) electrons. The normalized spacial score (nSPS) is 10.3. The van der Waals surface area contributed by atoms with E-state index in [-0.39, 0.29) is 0 Å². The molecule has 0 atom stereocenters. The van der Waals surface area contributed by atoms with Gasteiger partial charge < -0.3 is 0 Å². The standard InChI is InChI=1S/C18H15N3O12/c1-4-7(22)10(25)13(28)19-16(31)20(14(29)11(26)8(23)5-2)18(33)21(17(19)32)15(30)12(27)9(24)6-3/h4-6H2,1-3H3. The largest absolute Gasteiger partial charge is 0.351 e. The summed E-state index contributed by atoms with van der Waals surface area (Å²) in [6, 6.07) is 0. The summed E-state index contributed by atoms with van der Waals surface area (Å²) in [7, 11) is 0. The second-order valence-electron chi connectivity index (χ2n) is 6.09. The SMILES string of the molecule is CCC(=O)C(=O)C(=O)n1c(=O)n(C(=O)C(=O)C(=O)CC)c(=O)n(C(=O)C(=O)C(=O)CC)c1=O. The molecule has 0 aliphatic rings. The predicted molar refractivity (Wildman–Crippen MR) is 102 cm³/mol. The van der Waals surface area contributed by atoms with E-state index in [0.29, 0.717) is 0 Å². The summed E-state index contributed by atoms with van der Waals surface area (Å²) in [5.74, 6) is -16.8. The van der Waals surface area contributed by atoms with Crippen LogP contribution < -0.4 is 17.1 Å². The second-order valence-corrected chi connectivity index (χ2v) is 6.09. The second kappa shape index (κ2) is 10.2. The van der Waals surface area contributed by atoms with E-state index in [1.165, 1.54) is 0 Å². The fourth-order valence-corrected chi connectivity index (χ4v) is 2.21. The Kier molecular flexibility index (Phi) is 8.16. The van der Waals surface area contributed by atoms with Crippen molar-refractivity contribution in [3.63, 3.8) is 0 Å². The van der Waals surface area contributed by atoms with E-state index in [1.807, 2.05) is 0 Å². The van der Waals surface area contributed by atoms with Gasteiger partial charge in [0.15, 0.2) is 0 Å². The first-order valence-corrected chi connectivity index (χ1v) is 9.14. The molecule has 0 aromatic carbocycles. The molecule has 0 unspecified atom stereocenters. The maximum atomic E-state index is 12.5. The van der Waals surface area contributed by atoms with Crippen LogP contribution in [-0.2, 0) is 28.8 Å². The zero-order valence-corrected chi connectivity index (χ0v) is 17.4. The van der Waals surface area contributed by atoms with Crippen LogP contribution in [0.25, 0.3) is 0 Å². The number of ketones is 6. The van der Waals surface area contributed by atoms with Crippen LogP contribution >= 0.6 is 0 Å². The maximum Gasteiger partial charge on any atom is 0.351 e. The van der Waals surface area contributed by atoms with E-state index in [4.69, 9.17) is 0 Å². The van der Waals surface area contributed by atoms with Gasteiger partial charge in [0, 0.05) is 19.3 Å². The van der Waals surface area contributed by atoms with Crippen molar-refractivity contribution in [1.82, 2.24) is 13.7 Å². The number of carbonyl (C=O) groups is 9. The smallest absolute Gasteiger partial charge is 0.290 e. The summed E-state index contributed by atoms with van der Waals surface area (Å²) in [6.07, 6.45) is -1.71. The highest BCUT2D eigenvalue weighted by Gasteiger charge is 2.36. The quantitative estimate of drug-likeness (QED) is 0.259. The number of aromatic nitrogens is 3. The molecule has 0 aliphatic carbocycles. The summed E-state index contributed by atoms with van der Waals surface area (Å²) >= 11 is 0. The minimum Gasteiger partial charge on any atom is -0.290 e. The van der Waals surface area contributed by atoms with E-state index in [9.17, 15) is 57.5 Å². The molecule has 1 aromatic heterocycles.